The van der Waals surface area contributed by atoms with Gasteiger partial charge in [0.05, 0.1) is 17.8 Å². The summed E-state index contributed by atoms with van der Waals surface area (Å²) in [6.45, 7) is 7.34. The monoisotopic (exact) mass is 531 g/mol. The van der Waals surface area contributed by atoms with Crippen molar-refractivity contribution in [2.75, 3.05) is 4.90 Å². The molecule has 0 unspecified atom stereocenters. The van der Waals surface area contributed by atoms with Crippen LogP contribution >= 0.6 is 27.3 Å². The molecule has 0 saturated heterocycles. The summed E-state index contributed by atoms with van der Waals surface area (Å²) in [4.78, 5) is 21.5. The maximum atomic E-state index is 13.6. The molecule has 0 saturated carbocycles. The predicted molar refractivity (Wildman–Crippen MR) is 142 cm³/mol. The van der Waals surface area contributed by atoms with Crippen LogP contribution in [0.4, 0.5) is 10.7 Å². The Kier molecular flexibility index (Phi) is 5.95. The van der Waals surface area contributed by atoms with Gasteiger partial charge in [0.15, 0.2) is 0 Å². The molecule has 2 aromatic carbocycles. The highest BCUT2D eigenvalue weighted by molar-refractivity contribution is 9.10. The van der Waals surface area contributed by atoms with Crippen molar-refractivity contribution < 1.29 is 4.79 Å². The minimum absolute atomic E-state index is 0.125. The van der Waals surface area contributed by atoms with E-state index in [1.54, 1.807) is 16.2 Å². The first-order valence-corrected chi connectivity index (χ1v) is 13.2. The number of halogens is 1. The molecular formula is C28H26BrN3OS. The zero-order chi connectivity index (χ0) is 24.0. The zero-order valence-electron chi connectivity index (χ0n) is 19.6. The van der Waals surface area contributed by atoms with Crippen LogP contribution in [-0.4, -0.2) is 11.6 Å². The lowest BCUT2D eigenvalue weighted by molar-refractivity contribution is -0.112. The van der Waals surface area contributed by atoms with Crippen molar-refractivity contribution in [2.45, 2.75) is 46.6 Å². The topological polar surface area (TPSA) is 56.5 Å². The molecule has 0 spiro atoms. The Morgan fingerprint density at radius 1 is 1.21 bits per heavy atom. The molecule has 0 radical (unpaired) electrons. The largest absolute Gasteiger partial charge is 0.302 e. The molecular weight excluding hydrogens is 506 g/mol. The second-order valence-corrected chi connectivity index (χ2v) is 12.1. The lowest BCUT2D eigenvalue weighted by Crippen LogP contribution is -2.29. The number of rotatable bonds is 3. The highest BCUT2D eigenvalue weighted by Gasteiger charge is 2.36. The van der Waals surface area contributed by atoms with E-state index in [0.29, 0.717) is 28.7 Å². The fourth-order valence-electron chi connectivity index (χ4n) is 4.92. The number of carbonyl (C=O) groups is 1. The minimum atomic E-state index is -0.125. The Labute approximate surface area is 213 Å². The van der Waals surface area contributed by atoms with Crippen molar-refractivity contribution in [3.63, 3.8) is 0 Å². The van der Waals surface area contributed by atoms with Gasteiger partial charge in [0.2, 0.25) is 0 Å². The van der Waals surface area contributed by atoms with Gasteiger partial charge in [0.25, 0.3) is 5.91 Å². The number of nitrogens with zero attached hydrogens (tertiary/aromatic N) is 3. The standard InChI is InChI=1S/C28H26BrN3OS/c1-28(2,3)18-9-11-20-22(15-30)26(34-24(20)13-18)31-25-21-14-19(29)10-12-23(21)32(27(25)33)16-17-7-5-4-6-8-17/h4-8,10,12,14,18H,9,11,13,16H2,1-3H3/t18-/m0/s1. The highest BCUT2D eigenvalue weighted by Crippen LogP contribution is 2.45. The smallest absolute Gasteiger partial charge is 0.277 e. The van der Waals surface area contributed by atoms with E-state index in [1.807, 2.05) is 48.5 Å². The van der Waals surface area contributed by atoms with E-state index >= 15 is 0 Å². The third kappa shape index (κ3) is 4.12. The number of amides is 1. The van der Waals surface area contributed by atoms with E-state index in [0.717, 1.165) is 46.1 Å². The molecule has 1 aliphatic heterocycles. The van der Waals surface area contributed by atoms with Gasteiger partial charge in [0.1, 0.15) is 16.8 Å². The van der Waals surface area contributed by atoms with Gasteiger partial charge in [-0.15, -0.1) is 11.3 Å². The summed E-state index contributed by atoms with van der Waals surface area (Å²) in [7, 11) is 0. The first-order valence-electron chi connectivity index (χ1n) is 11.6. The van der Waals surface area contributed by atoms with Gasteiger partial charge in [-0.1, -0.05) is 67.0 Å². The van der Waals surface area contributed by atoms with E-state index in [2.05, 4.69) is 42.8 Å². The number of benzene rings is 2. The van der Waals surface area contributed by atoms with E-state index in [4.69, 9.17) is 4.99 Å². The first-order chi connectivity index (χ1) is 16.3. The van der Waals surface area contributed by atoms with Crippen LogP contribution in [0.3, 0.4) is 0 Å². The van der Waals surface area contributed by atoms with Gasteiger partial charge < -0.3 is 4.90 Å². The Bertz CT molecular complexity index is 1340. The number of carbonyl (C=O) groups excluding carboxylic acids is 1. The summed E-state index contributed by atoms with van der Waals surface area (Å²) in [6.07, 6.45) is 2.95. The summed E-state index contributed by atoms with van der Waals surface area (Å²) in [5.41, 5.74) is 5.13. The van der Waals surface area contributed by atoms with Gasteiger partial charge in [-0.05, 0) is 59.9 Å². The molecule has 2 heterocycles. The molecule has 4 nitrogen and oxygen atoms in total. The van der Waals surface area contributed by atoms with E-state index in [1.165, 1.54) is 4.88 Å². The number of hydrogen-bond acceptors (Lipinski definition) is 4. The van der Waals surface area contributed by atoms with E-state index in [-0.39, 0.29) is 11.3 Å². The molecule has 172 valence electrons. The Morgan fingerprint density at radius 2 is 1.97 bits per heavy atom. The molecule has 0 bridgehead atoms. The second kappa shape index (κ2) is 8.79. The minimum Gasteiger partial charge on any atom is -0.302 e. The summed E-state index contributed by atoms with van der Waals surface area (Å²) in [5.74, 6) is 0.455. The number of hydrogen-bond donors (Lipinski definition) is 0. The third-order valence-electron chi connectivity index (χ3n) is 6.93. The third-order valence-corrected chi connectivity index (χ3v) is 8.57. The summed E-state index contributed by atoms with van der Waals surface area (Å²) in [6, 6.07) is 18.2. The number of fused-ring (bicyclic) bond motifs is 2. The maximum Gasteiger partial charge on any atom is 0.277 e. The van der Waals surface area contributed by atoms with Gasteiger partial charge in [0, 0.05) is 14.9 Å². The number of anilines is 1. The van der Waals surface area contributed by atoms with Crippen LogP contribution in [0, 0.1) is 22.7 Å². The lowest BCUT2D eigenvalue weighted by Gasteiger charge is -2.33. The summed E-state index contributed by atoms with van der Waals surface area (Å²) >= 11 is 5.14. The zero-order valence-corrected chi connectivity index (χ0v) is 22.0. The molecule has 1 aliphatic carbocycles. The van der Waals surface area contributed by atoms with Crippen LogP contribution in [0.5, 0.6) is 0 Å². The van der Waals surface area contributed by atoms with Crippen molar-refractivity contribution in [3.8, 4) is 6.07 Å². The molecule has 1 aromatic heterocycles. The maximum absolute atomic E-state index is 13.6. The molecule has 3 aromatic rings. The quantitative estimate of drug-likeness (QED) is 0.358. The molecule has 2 aliphatic rings. The van der Waals surface area contributed by atoms with E-state index < -0.39 is 0 Å². The van der Waals surface area contributed by atoms with Crippen molar-refractivity contribution >= 4 is 49.6 Å². The van der Waals surface area contributed by atoms with Crippen molar-refractivity contribution in [2.24, 2.45) is 16.3 Å². The molecule has 1 atom stereocenters. The van der Waals surface area contributed by atoms with Gasteiger partial charge in [-0.25, -0.2) is 4.99 Å². The molecule has 34 heavy (non-hydrogen) atoms. The average Bonchev–Trinajstić information content (AvgIpc) is 3.28. The molecule has 1 amide bonds. The number of nitriles is 1. The highest BCUT2D eigenvalue weighted by atomic mass is 79.9. The van der Waals surface area contributed by atoms with Gasteiger partial charge >= 0.3 is 0 Å². The molecule has 0 fully saturated rings. The van der Waals surface area contributed by atoms with Crippen molar-refractivity contribution in [1.29, 1.82) is 5.26 Å². The van der Waals surface area contributed by atoms with Crippen LogP contribution < -0.4 is 4.90 Å². The van der Waals surface area contributed by atoms with Crippen LogP contribution in [0.15, 0.2) is 58.0 Å². The Morgan fingerprint density at radius 3 is 2.68 bits per heavy atom. The average molecular weight is 533 g/mol. The fourth-order valence-corrected chi connectivity index (χ4v) is 6.54. The molecule has 5 rings (SSSR count). The normalized spacial score (nSPS) is 18.7. The van der Waals surface area contributed by atoms with Crippen LogP contribution in [-0.2, 0) is 24.2 Å². The Balaban J connectivity index is 1.57. The number of aliphatic imine (C=N–C) groups is 1. The van der Waals surface area contributed by atoms with Crippen molar-refractivity contribution in [3.05, 3.63) is 80.1 Å². The van der Waals surface area contributed by atoms with Gasteiger partial charge in [-0.3, -0.25) is 4.79 Å². The summed E-state index contributed by atoms with van der Waals surface area (Å²) in [5, 5.41) is 10.7. The van der Waals surface area contributed by atoms with Crippen LogP contribution in [0.25, 0.3) is 0 Å². The van der Waals surface area contributed by atoms with Gasteiger partial charge in [-0.2, -0.15) is 5.26 Å². The fraction of sp³-hybridized carbons (Fsp3) is 0.321. The SMILES string of the molecule is CC(C)(C)[C@H]1CCc2c(sc(N=C3C(=O)N(Cc4ccccc4)c4ccc(Br)cc43)c2C#N)C1. The Hall–Kier alpha value is -2.75. The molecule has 0 N–H and O–H groups in total. The summed E-state index contributed by atoms with van der Waals surface area (Å²) < 4.78 is 0.896. The van der Waals surface area contributed by atoms with Crippen LogP contribution in [0.2, 0.25) is 0 Å². The van der Waals surface area contributed by atoms with E-state index in [9.17, 15) is 10.1 Å². The second-order valence-electron chi connectivity index (χ2n) is 10.1. The first kappa shape index (κ1) is 23.0. The number of thiophene rings is 1. The van der Waals surface area contributed by atoms with Crippen molar-refractivity contribution in [1.82, 2.24) is 0 Å². The predicted octanol–water partition coefficient (Wildman–Crippen LogP) is 7.20. The molecule has 6 heteroatoms. The lowest BCUT2D eigenvalue weighted by atomic mass is 9.72. The van der Waals surface area contributed by atoms with Crippen LogP contribution in [0.1, 0.15) is 54.3 Å².